The van der Waals surface area contributed by atoms with E-state index >= 15 is 0 Å². The van der Waals surface area contributed by atoms with Crippen molar-refractivity contribution in [1.82, 2.24) is 10.2 Å². The van der Waals surface area contributed by atoms with Gasteiger partial charge >= 0.3 is 5.97 Å². The lowest BCUT2D eigenvalue weighted by Crippen LogP contribution is -1.98. The largest absolute Gasteiger partial charge is 0.493 e. The summed E-state index contributed by atoms with van der Waals surface area (Å²) in [7, 11) is 5.88. The molecular weight excluding hydrogens is 388 g/mol. The van der Waals surface area contributed by atoms with E-state index in [1.54, 1.807) is 24.3 Å². The average molecular weight is 406 g/mol. The van der Waals surface area contributed by atoms with Gasteiger partial charge in [0, 0.05) is 5.56 Å². The van der Waals surface area contributed by atoms with Crippen molar-refractivity contribution in [2.45, 2.75) is 11.0 Å². The molecule has 0 bridgehead atoms. The predicted molar refractivity (Wildman–Crippen MR) is 99.0 cm³/mol. The first-order valence-corrected chi connectivity index (χ1v) is 9.01. The Morgan fingerprint density at radius 1 is 1.00 bits per heavy atom. The summed E-state index contributed by atoms with van der Waals surface area (Å²) in [5, 5.41) is 8.42. The number of nitrogens with zero attached hydrogens (tertiary/aromatic N) is 2. The fourth-order valence-electron chi connectivity index (χ4n) is 2.39. The molecule has 1 aromatic carbocycles. The van der Waals surface area contributed by atoms with Gasteiger partial charge in [-0.05, 0) is 24.3 Å². The summed E-state index contributed by atoms with van der Waals surface area (Å²) in [6, 6.07) is 6.68. The van der Waals surface area contributed by atoms with E-state index in [1.807, 2.05) is 0 Å². The van der Waals surface area contributed by atoms with Crippen LogP contribution in [0.5, 0.6) is 17.2 Å². The molecule has 0 saturated carbocycles. The molecule has 0 aliphatic rings. The smallest absolute Gasteiger partial charge is 0.373 e. The minimum absolute atomic E-state index is 0.141. The Bertz CT molecular complexity index is 942. The lowest BCUT2D eigenvalue weighted by molar-refractivity contribution is 0.0563. The molecule has 0 unspecified atom stereocenters. The van der Waals surface area contributed by atoms with Crippen LogP contribution in [0.4, 0.5) is 0 Å². The van der Waals surface area contributed by atoms with E-state index in [0.717, 1.165) is 0 Å². The molecule has 9 nitrogen and oxygen atoms in total. The van der Waals surface area contributed by atoms with Crippen molar-refractivity contribution in [2.24, 2.45) is 0 Å². The Hall–Kier alpha value is -3.14. The maximum atomic E-state index is 11.4. The van der Waals surface area contributed by atoms with E-state index in [4.69, 9.17) is 23.0 Å². The highest BCUT2D eigenvalue weighted by Gasteiger charge is 2.18. The predicted octanol–water partition coefficient (Wildman–Crippen LogP) is 3.43. The molecule has 0 amide bonds. The van der Waals surface area contributed by atoms with Crippen molar-refractivity contribution in [1.29, 1.82) is 0 Å². The van der Waals surface area contributed by atoms with Crippen LogP contribution in [0.25, 0.3) is 11.5 Å². The van der Waals surface area contributed by atoms with Crippen LogP contribution < -0.4 is 14.2 Å². The van der Waals surface area contributed by atoms with E-state index in [2.05, 4.69) is 14.9 Å². The van der Waals surface area contributed by atoms with Gasteiger partial charge in [-0.3, -0.25) is 0 Å². The fourth-order valence-corrected chi connectivity index (χ4v) is 3.05. The van der Waals surface area contributed by atoms with E-state index in [9.17, 15) is 4.79 Å². The summed E-state index contributed by atoms with van der Waals surface area (Å²) in [5.74, 6) is 2.34. The molecule has 0 aliphatic heterocycles. The van der Waals surface area contributed by atoms with Crippen LogP contribution in [-0.4, -0.2) is 44.6 Å². The maximum absolute atomic E-state index is 11.4. The van der Waals surface area contributed by atoms with Crippen molar-refractivity contribution >= 4 is 17.7 Å². The summed E-state index contributed by atoms with van der Waals surface area (Å²) < 4.78 is 31.7. The van der Waals surface area contributed by atoms with Crippen molar-refractivity contribution in [3.63, 3.8) is 0 Å². The first kappa shape index (κ1) is 19.6. The SMILES string of the molecule is COC(=O)c1ccc(CSc2nnc(-c3cc(OC)c(OC)c(OC)c3)o2)o1. The highest BCUT2D eigenvalue weighted by atomic mass is 32.2. The number of thioether (sulfide) groups is 1. The Balaban J connectivity index is 1.75. The normalized spacial score (nSPS) is 10.6. The zero-order valence-corrected chi connectivity index (χ0v) is 16.5. The molecule has 3 aromatic rings. The minimum atomic E-state index is -0.529. The molecule has 0 aliphatic carbocycles. The molecule has 148 valence electrons. The zero-order valence-electron chi connectivity index (χ0n) is 15.7. The molecule has 2 heterocycles. The highest BCUT2D eigenvalue weighted by Crippen LogP contribution is 2.41. The third-order valence-electron chi connectivity index (χ3n) is 3.70. The Morgan fingerprint density at radius 3 is 2.32 bits per heavy atom. The topological polar surface area (TPSA) is 106 Å². The fraction of sp³-hybridized carbons (Fsp3) is 0.278. The second kappa shape index (κ2) is 8.70. The number of hydrogen-bond donors (Lipinski definition) is 0. The number of hydrogen-bond acceptors (Lipinski definition) is 10. The lowest BCUT2D eigenvalue weighted by atomic mass is 10.2. The van der Waals surface area contributed by atoms with Gasteiger partial charge in [-0.25, -0.2) is 4.79 Å². The van der Waals surface area contributed by atoms with Gasteiger partial charge in [0.2, 0.25) is 17.4 Å². The number of aromatic nitrogens is 2. The second-order valence-electron chi connectivity index (χ2n) is 5.33. The van der Waals surface area contributed by atoms with Crippen LogP contribution in [0.2, 0.25) is 0 Å². The minimum Gasteiger partial charge on any atom is -0.493 e. The van der Waals surface area contributed by atoms with E-state index in [1.165, 1.54) is 40.2 Å². The second-order valence-corrected chi connectivity index (χ2v) is 6.26. The number of carbonyl (C=O) groups excluding carboxylic acids is 1. The standard InChI is InChI=1S/C18H18N2O7S/c1-22-13-7-10(8-14(23-2)15(13)24-3)16-19-20-18(27-16)28-9-11-5-6-12(26-11)17(21)25-4/h5-8H,9H2,1-4H3. The van der Waals surface area contributed by atoms with Gasteiger partial charge in [0.25, 0.3) is 5.22 Å². The summed E-state index contributed by atoms with van der Waals surface area (Å²) in [6.07, 6.45) is 0. The molecule has 3 rings (SSSR count). The first-order valence-electron chi connectivity index (χ1n) is 8.03. The number of esters is 1. The molecule has 0 N–H and O–H groups in total. The van der Waals surface area contributed by atoms with Gasteiger partial charge in [-0.2, -0.15) is 0 Å². The van der Waals surface area contributed by atoms with Gasteiger partial charge in [-0.1, -0.05) is 11.8 Å². The Morgan fingerprint density at radius 2 is 1.71 bits per heavy atom. The summed E-state index contributed by atoms with van der Waals surface area (Å²) in [5.41, 5.74) is 0.625. The van der Waals surface area contributed by atoms with E-state index in [-0.39, 0.29) is 5.76 Å². The first-order chi connectivity index (χ1) is 13.6. The number of benzene rings is 1. The maximum Gasteiger partial charge on any atom is 0.373 e. The van der Waals surface area contributed by atoms with Gasteiger partial charge in [0.05, 0.1) is 34.2 Å². The third-order valence-corrected chi connectivity index (χ3v) is 4.55. The van der Waals surface area contributed by atoms with E-state index < -0.39 is 5.97 Å². The van der Waals surface area contributed by atoms with Crippen LogP contribution in [-0.2, 0) is 10.5 Å². The molecule has 0 atom stereocenters. The van der Waals surface area contributed by atoms with Gasteiger partial charge in [0.15, 0.2) is 11.5 Å². The molecule has 0 spiro atoms. The molecular formula is C18H18N2O7S. The summed E-state index contributed by atoms with van der Waals surface area (Å²) >= 11 is 1.28. The third kappa shape index (κ3) is 4.06. The number of furan rings is 1. The van der Waals surface area contributed by atoms with Crippen LogP contribution in [0.15, 0.2) is 38.3 Å². The summed E-state index contributed by atoms with van der Waals surface area (Å²) in [6.45, 7) is 0. The van der Waals surface area contributed by atoms with Crippen molar-refractivity contribution < 1.29 is 32.6 Å². The zero-order chi connectivity index (χ0) is 20.1. The molecule has 0 fully saturated rings. The Kier molecular flexibility index (Phi) is 6.09. The lowest BCUT2D eigenvalue weighted by Gasteiger charge is -2.12. The average Bonchev–Trinajstić information content (AvgIpc) is 3.40. The molecule has 28 heavy (non-hydrogen) atoms. The molecule has 0 saturated heterocycles. The summed E-state index contributed by atoms with van der Waals surface area (Å²) in [4.78, 5) is 11.4. The van der Waals surface area contributed by atoms with Crippen LogP contribution in [0, 0.1) is 0 Å². The number of carbonyl (C=O) groups is 1. The molecule has 2 aromatic heterocycles. The van der Waals surface area contributed by atoms with Crippen LogP contribution in [0.3, 0.4) is 0 Å². The quantitative estimate of drug-likeness (QED) is 0.408. The van der Waals surface area contributed by atoms with Gasteiger partial charge in [0.1, 0.15) is 5.76 Å². The van der Waals surface area contributed by atoms with Crippen LogP contribution >= 0.6 is 11.8 Å². The Labute approximate surface area is 164 Å². The van der Waals surface area contributed by atoms with Crippen LogP contribution in [0.1, 0.15) is 16.3 Å². The van der Waals surface area contributed by atoms with Crippen molar-refractivity contribution in [3.8, 4) is 28.7 Å². The van der Waals surface area contributed by atoms with Gasteiger partial charge in [-0.15, -0.1) is 10.2 Å². The van der Waals surface area contributed by atoms with Crippen molar-refractivity contribution in [2.75, 3.05) is 28.4 Å². The highest BCUT2D eigenvalue weighted by molar-refractivity contribution is 7.98. The number of methoxy groups -OCH3 is 4. The molecule has 10 heteroatoms. The number of rotatable bonds is 8. The monoisotopic (exact) mass is 406 g/mol. The molecule has 0 radical (unpaired) electrons. The van der Waals surface area contributed by atoms with Gasteiger partial charge < -0.3 is 27.8 Å². The number of ether oxygens (including phenoxy) is 4. The van der Waals surface area contributed by atoms with E-state index in [0.29, 0.717) is 45.4 Å². The van der Waals surface area contributed by atoms with Crippen molar-refractivity contribution in [3.05, 3.63) is 35.8 Å².